The molecule has 1 saturated carbocycles. The monoisotopic (exact) mass is 350 g/mol. The Bertz CT molecular complexity index is 233. The van der Waals surface area contributed by atoms with Gasteiger partial charge in [-0.25, -0.2) is 0 Å². The van der Waals surface area contributed by atoms with Gasteiger partial charge in [-0.1, -0.05) is 149 Å². The van der Waals surface area contributed by atoms with E-state index in [1.54, 1.807) is 25.7 Å². The minimum Gasteiger partial charge on any atom is -0.0654 e. The first kappa shape index (κ1) is 23.0. The van der Waals surface area contributed by atoms with Gasteiger partial charge < -0.3 is 0 Å². The van der Waals surface area contributed by atoms with E-state index in [1.807, 2.05) is 0 Å². The predicted molar refractivity (Wildman–Crippen MR) is 115 cm³/mol. The lowest BCUT2D eigenvalue weighted by atomic mass is 9.75. The van der Waals surface area contributed by atoms with Crippen LogP contribution < -0.4 is 0 Å². The van der Waals surface area contributed by atoms with Crippen LogP contribution >= 0.6 is 0 Å². The summed E-state index contributed by atoms with van der Waals surface area (Å²) in [6.45, 7) is 4.64. The third-order valence-electron chi connectivity index (χ3n) is 6.67. The SMILES string of the molecule is CCCCCCCCCC(CCCCCCCCC)C1CCCCC1. The van der Waals surface area contributed by atoms with E-state index >= 15 is 0 Å². The summed E-state index contributed by atoms with van der Waals surface area (Å²) in [5, 5.41) is 0. The van der Waals surface area contributed by atoms with Gasteiger partial charge in [-0.3, -0.25) is 0 Å². The van der Waals surface area contributed by atoms with Gasteiger partial charge >= 0.3 is 0 Å². The molecule has 1 aliphatic carbocycles. The molecule has 0 radical (unpaired) electrons. The maximum atomic E-state index is 2.32. The van der Waals surface area contributed by atoms with Crippen LogP contribution in [0.4, 0.5) is 0 Å². The lowest BCUT2D eigenvalue weighted by Gasteiger charge is -2.30. The van der Waals surface area contributed by atoms with Crippen molar-refractivity contribution in [3.05, 3.63) is 0 Å². The van der Waals surface area contributed by atoms with E-state index in [1.165, 1.54) is 109 Å². The molecule has 0 heterocycles. The zero-order valence-corrected chi connectivity index (χ0v) is 18.0. The number of unbranched alkanes of at least 4 members (excludes halogenated alkanes) is 12. The van der Waals surface area contributed by atoms with Crippen LogP contribution in [0.1, 0.15) is 149 Å². The maximum Gasteiger partial charge on any atom is -0.0386 e. The first-order valence-corrected chi connectivity index (χ1v) is 12.4. The van der Waals surface area contributed by atoms with Gasteiger partial charge in [-0.2, -0.15) is 0 Å². The van der Waals surface area contributed by atoms with Gasteiger partial charge in [0.2, 0.25) is 0 Å². The summed E-state index contributed by atoms with van der Waals surface area (Å²) in [5.74, 6) is 2.17. The zero-order valence-electron chi connectivity index (χ0n) is 18.0. The van der Waals surface area contributed by atoms with Crippen LogP contribution in [0.3, 0.4) is 0 Å². The minimum absolute atomic E-state index is 1.08. The summed E-state index contributed by atoms with van der Waals surface area (Å²) in [6.07, 6.45) is 31.4. The first-order valence-electron chi connectivity index (χ1n) is 12.4. The summed E-state index contributed by atoms with van der Waals surface area (Å²) in [5.41, 5.74) is 0. The van der Waals surface area contributed by atoms with Gasteiger partial charge in [0.25, 0.3) is 0 Å². The average Bonchev–Trinajstić information content (AvgIpc) is 2.65. The molecule has 0 aromatic rings. The third-order valence-corrected chi connectivity index (χ3v) is 6.67. The highest BCUT2D eigenvalue weighted by Gasteiger charge is 2.22. The number of rotatable bonds is 17. The molecule has 0 atom stereocenters. The van der Waals surface area contributed by atoms with Gasteiger partial charge in [0.05, 0.1) is 0 Å². The highest BCUT2D eigenvalue weighted by molar-refractivity contribution is 4.74. The number of hydrogen-bond acceptors (Lipinski definition) is 0. The second kappa shape index (κ2) is 17.4. The third kappa shape index (κ3) is 12.9. The van der Waals surface area contributed by atoms with Crippen LogP contribution in [0, 0.1) is 11.8 Å². The van der Waals surface area contributed by atoms with E-state index in [0.29, 0.717) is 0 Å². The fraction of sp³-hybridized carbons (Fsp3) is 1.00. The molecule has 0 aromatic carbocycles. The molecule has 0 heteroatoms. The van der Waals surface area contributed by atoms with Crippen LogP contribution in [-0.2, 0) is 0 Å². The van der Waals surface area contributed by atoms with Crippen LogP contribution in [0.5, 0.6) is 0 Å². The van der Waals surface area contributed by atoms with Crippen molar-refractivity contribution in [1.29, 1.82) is 0 Å². The first-order chi connectivity index (χ1) is 12.4. The Balaban J connectivity index is 2.13. The van der Waals surface area contributed by atoms with E-state index in [2.05, 4.69) is 13.8 Å². The lowest BCUT2D eigenvalue weighted by Crippen LogP contribution is -2.18. The molecule has 150 valence electrons. The molecule has 0 aliphatic heterocycles. The topological polar surface area (TPSA) is 0 Å². The van der Waals surface area contributed by atoms with Crippen LogP contribution in [0.15, 0.2) is 0 Å². The molecule has 0 N–H and O–H groups in total. The average molecular weight is 351 g/mol. The number of hydrogen-bond donors (Lipinski definition) is 0. The van der Waals surface area contributed by atoms with Crippen molar-refractivity contribution in [2.24, 2.45) is 11.8 Å². The van der Waals surface area contributed by atoms with Crippen LogP contribution in [-0.4, -0.2) is 0 Å². The molecule has 0 saturated heterocycles. The summed E-state index contributed by atoms with van der Waals surface area (Å²) in [6, 6.07) is 0. The zero-order chi connectivity index (χ0) is 18.0. The van der Waals surface area contributed by atoms with Gasteiger partial charge in [0.1, 0.15) is 0 Å². The molecule has 1 rings (SSSR count). The van der Waals surface area contributed by atoms with E-state index in [9.17, 15) is 0 Å². The van der Waals surface area contributed by atoms with Gasteiger partial charge in [0, 0.05) is 0 Å². The summed E-state index contributed by atoms with van der Waals surface area (Å²) in [4.78, 5) is 0. The smallest absolute Gasteiger partial charge is 0.0386 e. The van der Waals surface area contributed by atoms with Gasteiger partial charge in [-0.05, 0) is 11.8 Å². The fourth-order valence-electron chi connectivity index (χ4n) is 4.95. The Hall–Kier alpha value is 0. The van der Waals surface area contributed by atoms with E-state index < -0.39 is 0 Å². The lowest BCUT2D eigenvalue weighted by molar-refractivity contribution is 0.214. The molecule has 0 bridgehead atoms. The Morgan fingerprint density at radius 1 is 0.520 bits per heavy atom. The van der Waals surface area contributed by atoms with Crippen molar-refractivity contribution >= 4 is 0 Å². The van der Waals surface area contributed by atoms with Crippen molar-refractivity contribution in [2.75, 3.05) is 0 Å². The highest BCUT2D eigenvalue weighted by atomic mass is 14.3. The van der Waals surface area contributed by atoms with Gasteiger partial charge in [-0.15, -0.1) is 0 Å². The predicted octanol–water partition coefficient (Wildman–Crippen LogP) is 9.46. The molecule has 25 heavy (non-hydrogen) atoms. The normalized spacial score (nSPS) is 16.0. The maximum absolute atomic E-state index is 2.32. The molecule has 0 spiro atoms. The van der Waals surface area contributed by atoms with Crippen LogP contribution in [0.2, 0.25) is 0 Å². The molecule has 0 nitrogen and oxygen atoms in total. The van der Waals surface area contributed by atoms with Crippen molar-refractivity contribution in [3.8, 4) is 0 Å². The Morgan fingerprint density at radius 2 is 0.920 bits per heavy atom. The van der Waals surface area contributed by atoms with Crippen molar-refractivity contribution in [2.45, 2.75) is 149 Å². The second-order valence-corrected chi connectivity index (χ2v) is 8.98. The molecule has 1 fully saturated rings. The van der Waals surface area contributed by atoms with E-state index in [-0.39, 0.29) is 0 Å². The van der Waals surface area contributed by atoms with Crippen molar-refractivity contribution < 1.29 is 0 Å². The van der Waals surface area contributed by atoms with E-state index in [4.69, 9.17) is 0 Å². The Kier molecular flexibility index (Phi) is 16.1. The molecule has 0 aromatic heterocycles. The molecule has 0 amide bonds. The summed E-state index contributed by atoms with van der Waals surface area (Å²) >= 11 is 0. The standard InChI is InChI=1S/C25H50/c1-3-5-7-9-11-13-16-20-24(25-22-18-15-19-23-25)21-17-14-12-10-8-6-4-2/h24-25H,3-23H2,1-2H3. The summed E-state index contributed by atoms with van der Waals surface area (Å²) in [7, 11) is 0. The molecular formula is C25H50. The van der Waals surface area contributed by atoms with Crippen molar-refractivity contribution in [3.63, 3.8) is 0 Å². The Morgan fingerprint density at radius 3 is 1.36 bits per heavy atom. The highest BCUT2D eigenvalue weighted by Crippen LogP contribution is 2.36. The quantitative estimate of drug-likeness (QED) is 0.229. The molecule has 0 unspecified atom stereocenters. The van der Waals surface area contributed by atoms with E-state index in [0.717, 1.165) is 11.8 Å². The Labute approximate surface area is 160 Å². The summed E-state index contributed by atoms with van der Waals surface area (Å²) < 4.78 is 0. The molecular weight excluding hydrogens is 300 g/mol. The largest absolute Gasteiger partial charge is 0.0654 e. The molecule has 1 aliphatic rings. The van der Waals surface area contributed by atoms with Crippen molar-refractivity contribution in [1.82, 2.24) is 0 Å². The fourth-order valence-corrected chi connectivity index (χ4v) is 4.95. The second-order valence-electron chi connectivity index (χ2n) is 8.98. The van der Waals surface area contributed by atoms with Gasteiger partial charge in [0.15, 0.2) is 0 Å². The van der Waals surface area contributed by atoms with Crippen LogP contribution in [0.25, 0.3) is 0 Å². The minimum atomic E-state index is 1.08.